The maximum Gasteiger partial charge on any atom is 0.229 e. The Hall–Kier alpha value is -2.75. The minimum atomic E-state index is -0.465. The van der Waals surface area contributed by atoms with Gasteiger partial charge in [-0.05, 0) is 25.7 Å². The predicted molar refractivity (Wildman–Crippen MR) is 103 cm³/mol. The predicted octanol–water partition coefficient (Wildman–Crippen LogP) is 1.14. The molecule has 1 aliphatic carbocycles. The highest BCUT2D eigenvalue weighted by molar-refractivity contribution is 5.82. The molecule has 29 heavy (non-hydrogen) atoms. The van der Waals surface area contributed by atoms with Crippen LogP contribution >= 0.6 is 0 Å². The van der Waals surface area contributed by atoms with Gasteiger partial charge in [-0.15, -0.1) is 0 Å². The lowest BCUT2D eigenvalue weighted by atomic mass is 10.1. The number of hydrogen-bond acceptors (Lipinski definition) is 7. The van der Waals surface area contributed by atoms with Gasteiger partial charge in [-0.2, -0.15) is 10.1 Å². The summed E-state index contributed by atoms with van der Waals surface area (Å²) in [4.78, 5) is 25.0. The van der Waals surface area contributed by atoms with Crippen molar-refractivity contribution in [3.8, 4) is 0 Å². The minimum Gasteiger partial charge on any atom is -0.394 e. The van der Waals surface area contributed by atoms with Gasteiger partial charge in [-0.3, -0.25) is 9.48 Å². The molecule has 3 aliphatic rings. The van der Waals surface area contributed by atoms with Crippen molar-refractivity contribution in [3.63, 3.8) is 0 Å². The number of carbonyl (C=O) groups is 1. The van der Waals surface area contributed by atoms with Gasteiger partial charge >= 0.3 is 0 Å². The lowest BCUT2D eigenvalue weighted by Gasteiger charge is -2.41. The van der Waals surface area contributed by atoms with Crippen LogP contribution in [0.2, 0.25) is 0 Å². The Bertz CT molecular complexity index is 902. The van der Waals surface area contributed by atoms with Gasteiger partial charge in [-0.1, -0.05) is 0 Å². The van der Waals surface area contributed by atoms with Crippen molar-refractivity contribution in [3.05, 3.63) is 24.4 Å². The molecular weight excluding hydrogens is 377 g/mol. The largest absolute Gasteiger partial charge is 0.394 e. The van der Waals surface area contributed by atoms with E-state index in [4.69, 9.17) is 5.11 Å². The number of nitrogens with zero attached hydrogens (tertiary/aromatic N) is 6. The summed E-state index contributed by atoms with van der Waals surface area (Å²) in [5.74, 6) is 0.577. The van der Waals surface area contributed by atoms with Gasteiger partial charge in [0, 0.05) is 37.3 Å². The zero-order valence-electron chi connectivity index (χ0n) is 16.0. The third kappa shape index (κ3) is 3.52. The molecule has 2 aromatic rings. The van der Waals surface area contributed by atoms with Crippen LogP contribution < -0.4 is 10.2 Å². The van der Waals surface area contributed by atoms with Gasteiger partial charge in [-0.25, -0.2) is 9.37 Å². The van der Waals surface area contributed by atoms with Crippen LogP contribution in [0.25, 0.3) is 0 Å². The molecule has 1 saturated carbocycles. The van der Waals surface area contributed by atoms with Crippen molar-refractivity contribution in [2.45, 2.75) is 44.3 Å². The quantitative estimate of drug-likeness (QED) is 0.749. The second kappa shape index (κ2) is 7.25. The van der Waals surface area contributed by atoms with E-state index in [1.807, 2.05) is 4.90 Å². The third-order valence-electron chi connectivity index (χ3n) is 5.91. The summed E-state index contributed by atoms with van der Waals surface area (Å²) in [6.07, 6.45) is 8.43. The minimum absolute atomic E-state index is 0.00409. The fourth-order valence-electron chi connectivity index (χ4n) is 4.40. The number of halogens is 1. The Morgan fingerprint density at radius 1 is 1.21 bits per heavy atom. The maximum absolute atomic E-state index is 14.5. The molecule has 2 N–H and O–H groups in total. The lowest BCUT2D eigenvalue weighted by Crippen LogP contribution is -2.56. The highest BCUT2D eigenvalue weighted by atomic mass is 19.1. The van der Waals surface area contributed by atoms with Crippen molar-refractivity contribution < 1.29 is 14.3 Å². The van der Waals surface area contributed by atoms with Crippen molar-refractivity contribution in [2.75, 3.05) is 29.9 Å². The third-order valence-corrected chi connectivity index (χ3v) is 5.91. The molecule has 3 fully saturated rings. The monoisotopic (exact) mass is 401 g/mol. The van der Waals surface area contributed by atoms with Crippen LogP contribution in [0.1, 0.15) is 25.7 Å². The van der Waals surface area contributed by atoms with Gasteiger partial charge in [0.25, 0.3) is 0 Å². The molecule has 4 heterocycles. The number of aromatic nitrogens is 4. The van der Waals surface area contributed by atoms with E-state index in [2.05, 4.69) is 25.3 Å². The average molecular weight is 401 g/mol. The maximum atomic E-state index is 14.5. The molecule has 10 heteroatoms. The summed E-state index contributed by atoms with van der Waals surface area (Å²) in [6.45, 7) is 1.58. The SMILES string of the molecule is O=C(C1CC1)N1[C@@H]2CC[C@H]1CN(c1nc(Nc3cnn(CCO)c3)ncc1F)C2. The highest BCUT2D eigenvalue weighted by Crippen LogP contribution is 2.39. The van der Waals surface area contributed by atoms with Crippen LogP contribution in [0.5, 0.6) is 0 Å². The van der Waals surface area contributed by atoms with Crippen LogP contribution in [-0.2, 0) is 11.3 Å². The molecule has 2 atom stereocenters. The first-order chi connectivity index (χ1) is 14.1. The zero-order chi connectivity index (χ0) is 20.0. The van der Waals surface area contributed by atoms with Crippen LogP contribution in [-0.4, -0.2) is 67.4 Å². The number of aliphatic hydroxyl groups is 1. The van der Waals surface area contributed by atoms with Gasteiger partial charge in [0.2, 0.25) is 11.9 Å². The first-order valence-electron chi connectivity index (χ1n) is 10.1. The number of piperazine rings is 1. The Morgan fingerprint density at radius 3 is 2.66 bits per heavy atom. The van der Waals surface area contributed by atoms with E-state index in [-0.39, 0.29) is 42.3 Å². The van der Waals surface area contributed by atoms with Crippen molar-refractivity contribution >= 4 is 23.4 Å². The fourth-order valence-corrected chi connectivity index (χ4v) is 4.40. The summed E-state index contributed by atoms with van der Waals surface area (Å²) >= 11 is 0. The molecule has 9 nitrogen and oxygen atoms in total. The van der Waals surface area contributed by atoms with E-state index in [1.54, 1.807) is 17.1 Å². The van der Waals surface area contributed by atoms with Gasteiger partial charge in [0.15, 0.2) is 11.6 Å². The van der Waals surface area contributed by atoms with Crippen molar-refractivity contribution in [2.24, 2.45) is 5.92 Å². The van der Waals surface area contributed by atoms with E-state index in [0.29, 0.717) is 25.3 Å². The number of rotatable bonds is 6. The molecule has 1 amide bonds. The van der Waals surface area contributed by atoms with E-state index in [9.17, 15) is 9.18 Å². The number of amides is 1. The van der Waals surface area contributed by atoms with Crippen LogP contribution in [0, 0.1) is 11.7 Å². The number of aliphatic hydroxyl groups excluding tert-OH is 1. The number of carbonyl (C=O) groups excluding carboxylic acids is 1. The van der Waals surface area contributed by atoms with Gasteiger partial charge in [0.05, 0.1) is 31.2 Å². The normalized spacial score (nSPS) is 23.5. The van der Waals surface area contributed by atoms with Crippen molar-refractivity contribution in [1.29, 1.82) is 0 Å². The summed E-state index contributed by atoms with van der Waals surface area (Å²) < 4.78 is 16.1. The Morgan fingerprint density at radius 2 is 1.97 bits per heavy atom. The van der Waals surface area contributed by atoms with E-state index < -0.39 is 5.82 Å². The lowest BCUT2D eigenvalue weighted by molar-refractivity contribution is -0.135. The standard InChI is InChI=1S/C19H24FN7O2/c20-16-8-21-19(23-13-7-22-26(9-13)5-6-28)24-17(16)25-10-14-3-4-15(11-25)27(14)18(29)12-1-2-12/h7-9,12,14-15,28H,1-6,10-11H2,(H,21,23,24)/t14-,15+. The first-order valence-corrected chi connectivity index (χ1v) is 10.1. The average Bonchev–Trinajstić information content (AvgIpc) is 3.42. The van der Waals surface area contributed by atoms with E-state index in [1.165, 1.54) is 6.20 Å². The number of nitrogens with one attached hydrogen (secondary N) is 1. The Balaban J connectivity index is 1.32. The zero-order valence-corrected chi connectivity index (χ0v) is 16.0. The second-order valence-electron chi connectivity index (χ2n) is 8.02. The van der Waals surface area contributed by atoms with E-state index >= 15 is 0 Å². The smallest absolute Gasteiger partial charge is 0.229 e. The molecule has 2 saturated heterocycles. The Kier molecular flexibility index (Phi) is 4.57. The van der Waals surface area contributed by atoms with Gasteiger partial charge in [0.1, 0.15) is 0 Å². The number of anilines is 3. The fraction of sp³-hybridized carbons (Fsp3) is 0.579. The van der Waals surface area contributed by atoms with Crippen LogP contribution in [0.4, 0.5) is 21.8 Å². The molecule has 0 spiro atoms. The molecule has 2 bridgehead atoms. The van der Waals surface area contributed by atoms with Gasteiger partial charge < -0.3 is 20.2 Å². The molecule has 154 valence electrons. The van der Waals surface area contributed by atoms with Crippen LogP contribution in [0.15, 0.2) is 18.6 Å². The Labute approximate surface area is 167 Å². The summed E-state index contributed by atoms with van der Waals surface area (Å²) in [5.41, 5.74) is 0.663. The summed E-state index contributed by atoms with van der Waals surface area (Å²) in [5, 5.41) is 16.1. The van der Waals surface area contributed by atoms with Crippen LogP contribution in [0.3, 0.4) is 0 Å². The molecule has 0 radical (unpaired) electrons. The highest BCUT2D eigenvalue weighted by Gasteiger charge is 2.47. The molecule has 0 unspecified atom stereocenters. The van der Waals surface area contributed by atoms with E-state index in [0.717, 1.165) is 25.7 Å². The van der Waals surface area contributed by atoms with Crippen molar-refractivity contribution in [1.82, 2.24) is 24.6 Å². The second-order valence-corrected chi connectivity index (χ2v) is 8.02. The topological polar surface area (TPSA) is 99.4 Å². The summed E-state index contributed by atoms with van der Waals surface area (Å²) in [7, 11) is 0. The molecule has 0 aromatic carbocycles. The molecule has 2 aromatic heterocycles. The molecule has 5 rings (SSSR count). The molecule has 2 aliphatic heterocycles. The molecular formula is C19H24FN7O2. The summed E-state index contributed by atoms with van der Waals surface area (Å²) in [6, 6.07) is 0.258. The number of hydrogen-bond donors (Lipinski definition) is 2. The number of fused-ring (bicyclic) bond motifs is 2. The first kappa shape index (κ1) is 18.3.